The summed E-state index contributed by atoms with van der Waals surface area (Å²) in [6.07, 6.45) is 0.454. The zero-order valence-corrected chi connectivity index (χ0v) is 11.1. The fraction of sp³-hybridized carbons (Fsp3) is 0.462. The van der Waals surface area contributed by atoms with Crippen molar-refractivity contribution < 1.29 is 14.3 Å². The Kier molecular flexibility index (Phi) is 6.84. The monoisotopic (exact) mass is 269 g/mol. The summed E-state index contributed by atoms with van der Waals surface area (Å²) in [4.78, 5) is 2.07. The Hall–Kier alpha value is -1.66. The average Bonchev–Trinajstić information content (AvgIpc) is 2.41. The van der Waals surface area contributed by atoms with Crippen LogP contribution in [0.4, 0.5) is 4.39 Å². The molecule has 6 heteroatoms. The van der Waals surface area contributed by atoms with Gasteiger partial charge in [0.15, 0.2) is 0 Å². The van der Waals surface area contributed by atoms with Crippen LogP contribution in [0.15, 0.2) is 29.4 Å². The first-order valence-electron chi connectivity index (χ1n) is 6.08. The summed E-state index contributed by atoms with van der Waals surface area (Å²) >= 11 is 0. The maximum atomic E-state index is 13.1. The number of nitrogens with zero attached hydrogens (tertiary/aromatic N) is 2. The second-order valence-corrected chi connectivity index (χ2v) is 4.24. The number of hydrogen-bond donors (Lipinski definition) is 2. The standard InChI is InChI=1S/C13H20FN3O2/c1-19-8-7-17(6-5-13(15)16-18)10-11-3-2-4-12(14)9-11/h2-4,9,18H,5-8,10H2,1H3,(H2,15,16). The quantitative estimate of drug-likeness (QED) is 0.324. The molecule has 0 aliphatic carbocycles. The highest BCUT2D eigenvalue weighted by Gasteiger charge is 2.07. The van der Waals surface area contributed by atoms with Crippen LogP contribution in [0, 0.1) is 5.82 Å². The molecule has 0 amide bonds. The number of halogens is 1. The van der Waals surface area contributed by atoms with Crippen molar-refractivity contribution in [2.45, 2.75) is 13.0 Å². The van der Waals surface area contributed by atoms with Gasteiger partial charge in [-0.3, -0.25) is 4.90 Å². The first-order valence-corrected chi connectivity index (χ1v) is 6.08. The number of hydrogen-bond acceptors (Lipinski definition) is 4. The normalized spacial score (nSPS) is 12.1. The van der Waals surface area contributed by atoms with E-state index in [2.05, 4.69) is 10.1 Å². The van der Waals surface area contributed by atoms with Crippen LogP contribution in [0.1, 0.15) is 12.0 Å². The second-order valence-electron chi connectivity index (χ2n) is 4.24. The molecule has 0 aliphatic rings. The molecule has 0 aromatic heterocycles. The maximum absolute atomic E-state index is 13.1. The molecular formula is C13H20FN3O2. The molecule has 0 fully saturated rings. The van der Waals surface area contributed by atoms with Crippen LogP contribution < -0.4 is 5.73 Å². The van der Waals surface area contributed by atoms with Crippen LogP contribution >= 0.6 is 0 Å². The zero-order chi connectivity index (χ0) is 14.1. The first kappa shape index (κ1) is 15.4. The third-order valence-corrected chi connectivity index (χ3v) is 2.72. The van der Waals surface area contributed by atoms with E-state index in [1.54, 1.807) is 13.2 Å². The Bertz CT molecular complexity index is 413. The van der Waals surface area contributed by atoms with Gasteiger partial charge in [0, 0.05) is 33.2 Å². The highest BCUT2D eigenvalue weighted by atomic mass is 19.1. The molecule has 106 valence electrons. The van der Waals surface area contributed by atoms with Gasteiger partial charge in [0.25, 0.3) is 0 Å². The van der Waals surface area contributed by atoms with Crippen molar-refractivity contribution in [3.63, 3.8) is 0 Å². The van der Waals surface area contributed by atoms with Crippen LogP contribution in [-0.2, 0) is 11.3 Å². The average molecular weight is 269 g/mol. The van der Waals surface area contributed by atoms with Crippen LogP contribution in [0.5, 0.6) is 0 Å². The van der Waals surface area contributed by atoms with E-state index in [0.29, 0.717) is 32.7 Å². The number of benzene rings is 1. The lowest BCUT2D eigenvalue weighted by Crippen LogP contribution is -2.30. The molecule has 0 spiro atoms. The van der Waals surface area contributed by atoms with Crippen LogP contribution in [0.3, 0.4) is 0 Å². The van der Waals surface area contributed by atoms with Gasteiger partial charge < -0.3 is 15.7 Å². The highest BCUT2D eigenvalue weighted by molar-refractivity contribution is 5.79. The molecule has 1 aromatic rings. The topological polar surface area (TPSA) is 71.1 Å². The highest BCUT2D eigenvalue weighted by Crippen LogP contribution is 2.07. The van der Waals surface area contributed by atoms with E-state index in [1.807, 2.05) is 6.07 Å². The molecule has 1 rings (SSSR count). The fourth-order valence-corrected chi connectivity index (χ4v) is 1.71. The van der Waals surface area contributed by atoms with Crippen molar-refractivity contribution in [3.05, 3.63) is 35.6 Å². The summed E-state index contributed by atoms with van der Waals surface area (Å²) in [5.74, 6) is -0.0673. The zero-order valence-electron chi connectivity index (χ0n) is 11.1. The molecule has 0 saturated heterocycles. The van der Waals surface area contributed by atoms with Crippen LogP contribution in [0.25, 0.3) is 0 Å². The lowest BCUT2D eigenvalue weighted by Gasteiger charge is -2.21. The molecule has 0 atom stereocenters. The number of amidine groups is 1. The van der Waals surface area contributed by atoms with Crippen molar-refractivity contribution in [2.24, 2.45) is 10.9 Å². The molecule has 19 heavy (non-hydrogen) atoms. The van der Waals surface area contributed by atoms with Gasteiger partial charge in [0.1, 0.15) is 11.7 Å². The SMILES string of the molecule is COCCN(CCC(N)=NO)Cc1cccc(F)c1. The third-order valence-electron chi connectivity index (χ3n) is 2.72. The summed E-state index contributed by atoms with van der Waals surface area (Å²) in [6, 6.07) is 6.47. The van der Waals surface area contributed by atoms with Crippen molar-refractivity contribution in [1.29, 1.82) is 0 Å². The predicted molar refractivity (Wildman–Crippen MR) is 71.6 cm³/mol. The summed E-state index contributed by atoms with van der Waals surface area (Å²) < 4.78 is 18.2. The van der Waals surface area contributed by atoms with E-state index in [9.17, 15) is 4.39 Å². The fourth-order valence-electron chi connectivity index (χ4n) is 1.71. The van der Waals surface area contributed by atoms with Gasteiger partial charge >= 0.3 is 0 Å². The van der Waals surface area contributed by atoms with E-state index in [4.69, 9.17) is 15.7 Å². The Morgan fingerprint density at radius 1 is 1.47 bits per heavy atom. The summed E-state index contributed by atoms with van der Waals surface area (Å²) in [6.45, 7) is 2.49. The minimum atomic E-state index is -0.249. The maximum Gasteiger partial charge on any atom is 0.140 e. The molecule has 3 N–H and O–H groups in total. The van der Waals surface area contributed by atoms with E-state index in [0.717, 1.165) is 5.56 Å². The molecule has 0 heterocycles. The molecular weight excluding hydrogens is 249 g/mol. The van der Waals surface area contributed by atoms with Gasteiger partial charge in [-0.2, -0.15) is 0 Å². The molecule has 0 radical (unpaired) electrons. The van der Waals surface area contributed by atoms with Crippen LogP contribution in [0.2, 0.25) is 0 Å². The Morgan fingerprint density at radius 2 is 2.26 bits per heavy atom. The van der Waals surface area contributed by atoms with Gasteiger partial charge in [-0.15, -0.1) is 0 Å². The molecule has 0 unspecified atom stereocenters. The minimum absolute atomic E-state index is 0.182. The van der Waals surface area contributed by atoms with Gasteiger partial charge in [0.05, 0.1) is 6.61 Å². The van der Waals surface area contributed by atoms with Crippen molar-refractivity contribution in [3.8, 4) is 0 Å². The van der Waals surface area contributed by atoms with Crippen molar-refractivity contribution in [1.82, 2.24) is 4.90 Å². The smallest absolute Gasteiger partial charge is 0.140 e. The number of rotatable bonds is 8. The van der Waals surface area contributed by atoms with Gasteiger partial charge in [-0.25, -0.2) is 4.39 Å². The summed E-state index contributed by atoms with van der Waals surface area (Å²) in [7, 11) is 1.63. The number of nitrogens with two attached hydrogens (primary N) is 1. The number of ether oxygens (including phenoxy) is 1. The number of oxime groups is 1. The molecule has 0 bridgehead atoms. The third kappa shape index (κ3) is 6.17. The Morgan fingerprint density at radius 3 is 2.89 bits per heavy atom. The van der Waals surface area contributed by atoms with Gasteiger partial charge in [-0.05, 0) is 17.7 Å². The number of methoxy groups -OCH3 is 1. The summed E-state index contributed by atoms with van der Waals surface area (Å²) in [5.41, 5.74) is 6.33. The Balaban J connectivity index is 2.57. The van der Waals surface area contributed by atoms with Gasteiger partial charge in [0.2, 0.25) is 0 Å². The van der Waals surface area contributed by atoms with E-state index < -0.39 is 0 Å². The Labute approximate surface area is 112 Å². The lowest BCUT2D eigenvalue weighted by atomic mass is 10.2. The second kappa shape index (κ2) is 8.44. The van der Waals surface area contributed by atoms with E-state index >= 15 is 0 Å². The molecule has 1 aromatic carbocycles. The first-order chi connectivity index (χ1) is 9.15. The molecule has 0 aliphatic heterocycles. The van der Waals surface area contributed by atoms with Crippen molar-refractivity contribution in [2.75, 3.05) is 26.8 Å². The van der Waals surface area contributed by atoms with E-state index in [-0.39, 0.29) is 11.7 Å². The minimum Gasteiger partial charge on any atom is -0.409 e. The molecule has 5 nitrogen and oxygen atoms in total. The van der Waals surface area contributed by atoms with Gasteiger partial charge in [-0.1, -0.05) is 17.3 Å². The van der Waals surface area contributed by atoms with Crippen LogP contribution in [-0.4, -0.2) is 42.7 Å². The molecule has 0 saturated carbocycles. The van der Waals surface area contributed by atoms with Crippen molar-refractivity contribution >= 4 is 5.84 Å². The predicted octanol–water partition coefficient (Wildman–Crippen LogP) is 1.41. The largest absolute Gasteiger partial charge is 0.409 e. The summed E-state index contributed by atoms with van der Waals surface area (Å²) in [5, 5.41) is 11.5. The van der Waals surface area contributed by atoms with E-state index in [1.165, 1.54) is 12.1 Å². The lowest BCUT2D eigenvalue weighted by molar-refractivity contribution is 0.145.